The molecule has 2 amide bonds. The molecule has 2 aromatic rings. The Morgan fingerprint density at radius 2 is 1.97 bits per heavy atom. The second-order valence-electron chi connectivity index (χ2n) is 6.89. The van der Waals surface area contributed by atoms with Crippen LogP contribution >= 0.6 is 15.9 Å². The molecular weight excluding hydrogens is 455 g/mol. The third-order valence-corrected chi connectivity index (χ3v) is 5.26. The van der Waals surface area contributed by atoms with E-state index in [0.29, 0.717) is 21.3 Å². The lowest BCUT2D eigenvalue weighted by atomic mass is 10.1. The molecule has 1 N–H and O–H groups in total. The van der Waals surface area contributed by atoms with Crippen LogP contribution in [-0.2, 0) is 9.53 Å². The molecule has 1 aliphatic rings. The molecule has 0 spiro atoms. The molecule has 2 aromatic carbocycles. The molecule has 6 nitrogen and oxygen atoms in total. The van der Waals surface area contributed by atoms with E-state index < -0.39 is 18.0 Å². The normalized spacial score (nSPS) is 16.4. The molecule has 0 unspecified atom stereocenters. The van der Waals surface area contributed by atoms with Crippen LogP contribution in [0.3, 0.4) is 0 Å². The summed E-state index contributed by atoms with van der Waals surface area (Å²) < 4.78 is 20.5. The molecule has 0 aromatic heterocycles. The smallest absolute Gasteiger partial charge is 0.414 e. The van der Waals surface area contributed by atoms with E-state index in [4.69, 9.17) is 4.74 Å². The number of carbonyl (C=O) groups is 3. The number of hydrogen-bond acceptors (Lipinski definition) is 4. The van der Waals surface area contributed by atoms with Crippen LogP contribution in [0, 0.1) is 5.82 Å². The second kappa shape index (κ2) is 9.21. The highest BCUT2D eigenvalue weighted by Crippen LogP contribution is 2.29. The van der Waals surface area contributed by atoms with Gasteiger partial charge in [0.25, 0.3) is 0 Å². The van der Waals surface area contributed by atoms with Gasteiger partial charge in [0, 0.05) is 22.5 Å². The summed E-state index contributed by atoms with van der Waals surface area (Å²) in [6.45, 7) is 3.28. The summed E-state index contributed by atoms with van der Waals surface area (Å²) in [5.41, 5.74) is 2.00. The summed E-state index contributed by atoms with van der Waals surface area (Å²) in [7, 11) is 0. The number of nitrogens with one attached hydrogen (secondary N) is 1. The number of Topliss-reactive ketones (excluding diaryl/α,β-unsaturated/α-hetero) is 1. The number of cyclic esters (lactones) is 1. The zero-order chi connectivity index (χ0) is 21.8. The van der Waals surface area contributed by atoms with Gasteiger partial charge in [-0.3, -0.25) is 14.5 Å². The molecule has 0 radical (unpaired) electrons. The summed E-state index contributed by atoms with van der Waals surface area (Å²) in [5.74, 6) is -0.779. The predicted molar refractivity (Wildman–Crippen MR) is 116 cm³/mol. The Balaban J connectivity index is 1.78. The van der Waals surface area contributed by atoms with E-state index in [0.717, 1.165) is 5.56 Å². The minimum atomic E-state index is -0.588. The third-order valence-electron chi connectivity index (χ3n) is 4.58. The van der Waals surface area contributed by atoms with E-state index in [-0.39, 0.29) is 24.8 Å². The van der Waals surface area contributed by atoms with Gasteiger partial charge in [-0.1, -0.05) is 34.1 Å². The molecule has 1 aliphatic heterocycles. The minimum Gasteiger partial charge on any atom is -0.442 e. The predicted octanol–water partition coefficient (Wildman–Crippen LogP) is 4.38. The number of benzene rings is 2. The standard InChI is InChI=1S/C22H20BrFN2O4/c1-13(27)15-4-3-5-16(8-15)20(23)9-17-6-7-18(10-21(17)24)26-12-19(30-22(26)29)11-25-14(2)28/h3-10,19H,11-12H2,1-2H3,(H,25,28)/b20-9-/t19-/m0/s1. The number of amides is 2. The minimum absolute atomic E-state index is 0.0537. The number of carbonyl (C=O) groups excluding carboxylic acids is 3. The number of ketones is 1. The average molecular weight is 475 g/mol. The maximum atomic E-state index is 14.7. The number of nitrogens with zero attached hydrogens (tertiary/aromatic N) is 1. The molecule has 8 heteroatoms. The molecule has 0 bridgehead atoms. The van der Waals surface area contributed by atoms with Crippen molar-refractivity contribution < 1.29 is 23.5 Å². The summed E-state index contributed by atoms with van der Waals surface area (Å²) >= 11 is 3.44. The highest BCUT2D eigenvalue weighted by molar-refractivity contribution is 9.15. The Bertz CT molecular complexity index is 1040. The number of ether oxygens (including phenoxy) is 1. The Hall–Kier alpha value is -3.00. The first-order valence-electron chi connectivity index (χ1n) is 9.25. The van der Waals surface area contributed by atoms with Gasteiger partial charge in [0.1, 0.15) is 11.9 Å². The summed E-state index contributed by atoms with van der Waals surface area (Å²) in [4.78, 5) is 36.0. The van der Waals surface area contributed by atoms with Gasteiger partial charge < -0.3 is 10.1 Å². The first kappa shape index (κ1) is 21.7. The van der Waals surface area contributed by atoms with Gasteiger partial charge in [0.05, 0.1) is 18.8 Å². The van der Waals surface area contributed by atoms with Crippen LogP contribution in [0.1, 0.15) is 35.3 Å². The van der Waals surface area contributed by atoms with E-state index in [9.17, 15) is 18.8 Å². The SMILES string of the molecule is CC(=O)NC[C@H]1CN(c2ccc(/C=C(\Br)c3cccc(C(C)=O)c3)c(F)c2)C(=O)O1. The van der Waals surface area contributed by atoms with Gasteiger partial charge in [-0.15, -0.1) is 0 Å². The van der Waals surface area contributed by atoms with Crippen molar-refractivity contribution in [2.45, 2.75) is 20.0 Å². The molecule has 156 valence electrons. The summed E-state index contributed by atoms with van der Waals surface area (Å²) in [6.07, 6.45) is 0.530. The van der Waals surface area contributed by atoms with Crippen molar-refractivity contribution in [2.75, 3.05) is 18.0 Å². The number of hydrogen-bond donors (Lipinski definition) is 1. The lowest BCUT2D eigenvalue weighted by Gasteiger charge is -2.14. The monoisotopic (exact) mass is 474 g/mol. The molecule has 0 aliphatic carbocycles. The first-order valence-corrected chi connectivity index (χ1v) is 10.0. The molecule has 1 heterocycles. The van der Waals surface area contributed by atoms with Crippen molar-refractivity contribution in [1.29, 1.82) is 0 Å². The highest BCUT2D eigenvalue weighted by Gasteiger charge is 2.32. The van der Waals surface area contributed by atoms with E-state index in [2.05, 4.69) is 21.2 Å². The van der Waals surface area contributed by atoms with E-state index in [1.165, 1.54) is 24.8 Å². The Morgan fingerprint density at radius 3 is 2.63 bits per heavy atom. The van der Waals surface area contributed by atoms with E-state index in [1.807, 2.05) is 6.07 Å². The third kappa shape index (κ3) is 5.13. The van der Waals surface area contributed by atoms with Crippen LogP contribution in [-0.4, -0.2) is 37.0 Å². The van der Waals surface area contributed by atoms with Crippen LogP contribution in [0.4, 0.5) is 14.9 Å². The summed E-state index contributed by atoms with van der Waals surface area (Å²) in [5, 5.41) is 2.60. The first-order chi connectivity index (χ1) is 14.2. The number of rotatable bonds is 6. The van der Waals surface area contributed by atoms with E-state index >= 15 is 0 Å². The number of anilines is 1. The van der Waals surface area contributed by atoms with Crippen molar-refractivity contribution in [2.24, 2.45) is 0 Å². The zero-order valence-corrected chi connectivity index (χ0v) is 18.0. The van der Waals surface area contributed by atoms with Crippen LogP contribution < -0.4 is 10.2 Å². The Labute approximate surface area is 181 Å². The van der Waals surface area contributed by atoms with Crippen molar-refractivity contribution in [3.63, 3.8) is 0 Å². The molecule has 3 rings (SSSR count). The average Bonchev–Trinajstić information content (AvgIpc) is 3.08. The van der Waals surface area contributed by atoms with Gasteiger partial charge in [-0.05, 0) is 42.8 Å². The molecule has 1 atom stereocenters. The van der Waals surface area contributed by atoms with Crippen molar-refractivity contribution in [3.05, 3.63) is 65.0 Å². The second-order valence-corrected chi connectivity index (χ2v) is 7.74. The van der Waals surface area contributed by atoms with Gasteiger partial charge >= 0.3 is 6.09 Å². The number of halogens is 2. The quantitative estimate of drug-likeness (QED) is 0.497. The van der Waals surface area contributed by atoms with Crippen molar-refractivity contribution >= 4 is 50.0 Å². The Morgan fingerprint density at radius 1 is 1.23 bits per heavy atom. The fraction of sp³-hybridized carbons (Fsp3) is 0.227. The largest absolute Gasteiger partial charge is 0.442 e. The maximum absolute atomic E-state index is 14.7. The fourth-order valence-electron chi connectivity index (χ4n) is 3.00. The van der Waals surface area contributed by atoms with Crippen LogP contribution in [0.2, 0.25) is 0 Å². The molecule has 0 saturated carbocycles. The molecule has 1 saturated heterocycles. The van der Waals surface area contributed by atoms with Gasteiger partial charge in [0.15, 0.2) is 5.78 Å². The van der Waals surface area contributed by atoms with Crippen LogP contribution in [0.15, 0.2) is 42.5 Å². The summed E-state index contributed by atoms with van der Waals surface area (Å²) in [6, 6.07) is 11.5. The van der Waals surface area contributed by atoms with Gasteiger partial charge in [0.2, 0.25) is 5.91 Å². The van der Waals surface area contributed by atoms with Crippen LogP contribution in [0.5, 0.6) is 0 Å². The lowest BCUT2D eigenvalue weighted by molar-refractivity contribution is -0.119. The fourth-order valence-corrected chi connectivity index (χ4v) is 3.50. The zero-order valence-electron chi connectivity index (χ0n) is 16.4. The maximum Gasteiger partial charge on any atom is 0.414 e. The van der Waals surface area contributed by atoms with Gasteiger partial charge in [-0.25, -0.2) is 9.18 Å². The molecule has 1 fully saturated rings. The van der Waals surface area contributed by atoms with Gasteiger partial charge in [-0.2, -0.15) is 0 Å². The lowest BCUT2D eigenvalue weighted by Crippen LogP contribution is -2.33. The topological polar surface area (TPSA) is 75.7 Å². The van der Waals surface area contributed by atoms with Crippen molar-refractivity contribution in [3.8, 4) is 0 Å². The highest BCUT2D eigenvalue weighted by atomic mass is 79.9. The molecular formula is C22H20BrFN2O4. The van der Waals surface area contributed by atoms with Crippen LogP contribution in [0.25, 0.3) is 10.6 Å². The molecule has 30 heavy (non-hydrogen) atoms. The Kier molecular flexibility index (Phi) is 6.66. The van der Waals surface area contributed by atoms with Crippen molar-refractivity contribution in [1.82, 2.24) is 5.32 Å². The van der Waals surface area contributed by atoms with E-state index in [1.54, 1.807) is 36.4 Å².